The number of aliphatic hydroxyl groups excluding tert-OH is 1. The molecular weight excluding hydrogens is 262 g/mol. The molecule has 20 heavy (non-hydrogen) atoms. The summed E-state index contributed by atoms with van der Waals surface area (Å²) in [5, 5.41) is 26.5. The zero-order valence-corrected chi connectivity index (χ0v) is 11.4. The molecule has 1 fully saturated rings. The third-order valence-electron chi connectivity index (χ3n) is 3.34. The van der Waals surface area contributed by atoms with E-state index >= 15 is 0 Å². The van der Waals surface area contributed by atoms with Crippen LogP contribution >= 0.6 is 0 Å². The Balaban J connectivity index is 2.14. The topological polar surface area (TPSA) is 113 Å². The van der Waals surface area contributed by atoms with Gasteiger partial charge in [0.25, 0.3) is 0 Å². The first-order valence-electron chi connectivity index (χ1n) is 6.80. The second kappa shape index (κ2) is 6.47. The third-order valence-corrected chi connectivity index (χ3v) is 3.34. The molecule has 8 heteroatoms. The standard InChI is InChI=1S/C12H19N5O3/c1-2-13-12-14-7-10(17(19)20)11(16-12)15-8-3-5-9(18)6-4-8/h7-9,18H,2-6H2,1H3,(H2,13,14,15,16). The van der Waals surface area contributed by atoms with E-state index in [4.69, 9.17) is 0 Å². The lowest BCUT2D eigenvalue weighted by molar-refractivity contribution is -0.384. The van der Waals surface area contributed by atoms with Crippen molar-refractivity contribution in [3.8, 4) is 0 Å². The maximum Gasteiger partial charge on any atom is 0.329 e. The van der Waals surface area contributed by atoms with E-state index in [0.717, 1.165) is 12.8 Å². The quantitative estimate of drug-likeness (QED) is 0.554. The SMILES string of the molecule is CCNc1ncc([N+](=O)[O-])c(NC2CCC(O)CC2)n1. The summed E-state index contributed by atoms with van der Waals surface area (Å²) in [7, 11) is 0. The molecule has 1 aliphatic rings. The van der Waals surface area contributed by atoms with Gasteiger partial charge in [0.2, 0.25) is 11.8 Å². The number of aromatic nitrogens is 2. The summed E-state index contributed by atoms with van der Waals surface area (Å²) in [6, 6.07) is 0.0986. The van der Waals surface area contributed by atoms with Crippen LogP contribution in [0.1, 0.15) is 32.6 Å². The van der Waals surface area contributed by atoms with E-state index in [-0.39, 0.29) is 23.7 Å². The van der Waals surface area contributed by atoms with Crippen molar-refractivity contribution in [2.75, 3.05) is 17.2 Å². The lowest BCUT2D eigenvalue weighted by atomic mass is 9.93. The van der Waals surface area contributed by atoms with Crippen molar-refractivity contribution in [2.45, 2.75) is 44.8 Å². The zero-order chi connectivity index (χ0) is 14.5. The lowest BCUT2D eigenvalue weighted by Gasteiger charge is -2.26. The Morgan fingerprint density at radius 1 is 1.45 bits per heavy atom. The molecule has 1 aromatic heterocycles. The molecule has 0 bridgehead atoms. The molecule has 1 heterocycles. The highest BCUT2D eigenvalue weighted by molar-refractivity contribution is 5.57. The predicted octanol–water partition coefficient (Wildman–Crippen LogP) is 1.53. The number of hydrogen-bond acceptors (Lipinski definition) is 7. The summed E-state index contributed by atoms with van der Waals surface area (Å²) in [6.07, 6.45) is 3.92. The van der Waals surface area contributed by atoms with Crippen molar-refractivity contribution in [3.63, 3.8) is 0 Å². The summed E-state index contributed by atoms with van der Waals surface area (Å²) in [5.74, 6) is 0.610. The van der Waals surface area contributed by atoms with Crippen LogP contribution in [0.25, 0.3) is 0 Å². The van der Waals surface area contributed by atoms with Gasteiger partial charge in [-0.3, -0.25) is 10.1 Å². The van der Waals surface area contributed by atoms with Crippen LogP contribution < -0.4 is 10.6 Å². The van der Waals surface area contributed by atoms with Gasteiger partial charge in [0.15, 0.2) is 0 Å². The number of nitro groups is 1. The van der Waals surface area contributed by atoms with Crippen LogP contribution in [-0.4, -0.2) is 38.7 Å². The highest BCUT2D eigenvalue weighted by atomic mass is 16.6. The first-order chi connectivity index (χ1) is 9.60. The van der Waals surface area contributed by atoms with Crippen molar-refractivity contribution < 1.29 is 10.0 Å². The van der Waals surface area contributed by atoms with Crippen LogP contribution in [0.4, 0.5) is 17.5 Å². The van der Waals surface area contributed by atoms with Gasteiger partial charge in [-0.2, -0.15) is 4.98 Å². The fourth-order valence-corrected chi connectivity index (χ4v) is 2.27. The Morgan fingerprint density at radius 2 is 2.15 bits per heavy atom. The van der Waals surface area contributed by atoms with Gasteiger partial charge in [-0.1, -0.05) is 0 Å². The third kappa shape index (κ3) is 3.53. The minimum atomic E-state index is -0.490. The second-order valence-corrected chi connectivity index (χ2v) is 4.86. The monoisotopic (exact) mass is 281 g/mol. The summed E-state index contributed by atoms with van der Waals surface area (Å²) in [4.78, 5) is 18.6. The summed E-state index contributed by atoms with van der Waals surface area (Å²) in [5.41, 5.74) is -0.127. The van der Waals surface area contributed by atoms with Gasteiger partial charge in [-0.25, -0.2) is 4.98 Å². The normalized spacial score (nSPS) is 22.3. The Labute approximate surface area is 116 Å². The van der Waals surface area contributed by atoms with Gasteiger partial charge in [0.05, 0.1) is 11.0 Å². The number of nitrogens with zero attached hydrogens (tertiary/aromatic N) is 3. The van der Waals surface area contributed by atoms with E-state index in [2.05, 4.69) is 20.6 Å². The number of nitrogens with one attached hydrogen (secondary N) is 2. The fourth-order valence-electron chi connectivity index (χ4n) is 2.27. The van der Waals surface area contributed by atoms with E-state index in [1.807, 2.05) is 6.92 Å². The van der Waals surface area contributed by atoms with E-state index in [9.17, 15) is 15.2 Å². The average Bonchev–Trinajstić information content (AvgIpc) is 2.42. The summed E-state index contributed by atoms with van der Waals surface area (Å²) in [6.45, 7) is 2.55. The highest BCUT2D eigenvalue weighted by Crippen LogP contribution is 2.27. The molecule has 0 spiro atoms. The Bertz CT molecular complexity index is 474. The largest absolute Gasteiger partial charge is 0.393 e. The molecule has 0 aromatic carbocycles. The smallest absolute Gasteiger partial charge is 0.329 e. The van der Waals surface area contributed by atoms with Gasteiger partial charge < -0.3 is 15.7 Å². The van der Waals surface area contributed by atoms with Crippen molar-refractivity contribution in [2.24, 2.45) is 0 Å². The van der Waals surface area contributed by atoms with Crippen LogP contribution in [0.5, 0.6) is 0 Å². The van der Waals surface area contributed by atoms with Crippen LogP contribution in [0.15, 0.2) is 6.20 Å². The number of rotatable bonds is 5. The Hall–Kier alpha value is -1.96. The van der Waals surface area contributed by atoms with E-state index in [0.29, 0.717) is 25.3 Å². The number of anilines is 2. The summed E-state index contributed by atoms with van der Waals surface area (Å²) >= 11 is 0. The zero-order valence-electron chi connectivity index (χ0n) is 11.4. The maximum absolute atomic E-state index is 11.0. The van der Waals surface area contributed by atoms with Gasteiger partial charge in [0.1, 0.15) is 6.20 Å². The molecule has 8 nitrogen and oxygen atoms in total. The van der Waals surface area contributed by atoms with Gasteiger partial charge in [-0.05, 0) is 32.6 Å². The minimum absolute atomic E-state index is 0.0986. The van der Waals surface area contributed by atoms with Gasteiger partial charge in [0, 0.05) is 12.6 Å². The first-order valence-corrected chi connectivity index (χ1v) is 6.80. The molecule has 0 atom stereocenters. The van der Waals surface area contributed by atoms with Crippen molar-refractivity contribution >= 4 is 17.5 Å². The minimum Gasteiger partial charge on any atom is -0.393 e. The molecular formula is C12H19N5O3. The highest BCUT2D eigenvalue weighted by Gasteiger charge is 2.24. The number of aliphatic hydroxyl groups is 1. The van der Waals surface area contributed by atoms with E-state index in [1.54, 1.807) is 0 Å². The molecule has 2 rings (SSSR count). The molecule has 1 aromatic rings. The van der Waals surface area contributed by atoms with Crippen LogP contribution in [0.2, 0.25) is 0 Å². The number of hydrogen-bond donors (Lipinski definition) is 3. The second-order valence-electron chi connectivity index (χ2n) is 4.86. The average molecular weight is 281 g/mol. The Kier molecular flexibility index (Phi) is 4.67. The molecule has 1 aliphatic carbocycles. The van der Waals surface area contributed by atoms with Crippen molar-refractivity contribution in [1.29, 1.82) is 0 Å². The molecule has 0 amide bonds. The van der Waals surface area contributed by atoms with Crippen LogP contribution in [0.3, 0.4) is 0 Å². The van der Waals surface area contributed by atoms with E-state index in [1.165, 1.54) is 6.20 Å². The van der Waals surface area contributed by atoms with Gasteiger partial charge >= 0.3 is 5.69 Å². The Morgan fingerprint density at radius 3 is 2.75 bits per heavy atom. The van der Waals surface area contributed by atoms with Crippen molar-refractivity contribution in [1.82, 2.24) is 9.97 Å². The lowest BCUT2D eigenvalue weighted by Crippen LogP contribution is -2.29. The maximum atomic E-state index is 11.0. The van der Waals surface area contributed by atoms with E-state index < -0.39 is 4.92 Å². The fraction of sp³-hybridized carbons (Fsp3) is 0.667. The molecule has 3 N–H and O–H groups in total. The van der Waals surface area contributed by atoms with Crippen LogP contribution in [-0.2, 0) is 0 Å². The molecule has 0 aliphatic heterocycles. The van der Waals surface area contributed by atoms with Crippen molar-refractivity contribution in [3.05, 3.63) is 16.3 Å². The van der Waals surface area contributed by atoms with Gasteiger partial charge in [-0.15, -0.1) is 0 Å². The molecule has 1 saturated carbocycles. The molecule has 0 unspecified atom stereocenters. The molecule has 110 valence electrons. The summed E-state index contributed by atoms with van der Waals surface area (Å²) < 4.78 is 0. The van der Waals surface area contributed by atoms with Crippen LogP contribution in [0, 0.1) is 10.1 Å². The first kappa shape index (κ1) is 14.4. The molecule has 0 radical (unpaired) electrons. The molecule has 0 saturated heterocycles. The predicted molar refractivity (Wildman–Crippen MR) is 74.7 cm³/mol.